The third-order valence-corrected chi connectivity index (χ3v) is 5.42. The van der Waals surface area contributed by atoms with Crippen LogP contribution in [0.2, 0.25) is 0 Å². The number of hydrogen-bond donors (Lipinski definition) is 2. The van der Waals surface area contributed by atoms with E-state index in [4.69, 9.17) is 5.73 Å². The Labute approximate surface area is 157 Å². The van der Waals surface area contributed by atoms with E-state index < -0.39 is 35.3 Å². The highest BCUT2D eigenvalue weighted by molar-refractivity contribution is 6.08. The molecular formula is C19H26FN3O4. The van der Waals surface area contributed by atoms with Crippen molar-refractivity contribution in [2.45, 2.75) is 51.3 Å². The van der Waals surface area contributed by atoms with Crippen LogP contribution in [-0.4, -0.2) is 52.5 Å². The van der Waals surface area contributed by atoms with Crippen molar-refractivity contribution in [3.05, 3.63) is 30.1 Å². The van der Waals surface area contributed by atoms with Gasteiger partial charge in [-0.3, -0.25) is 19.3 Å². The summed E-state index contributed by atoms with van der Waals surface area (Å²) < 4.78 is 13.3. The molecule has 3 amide bonds. The van der Waals surface area contributed by atoms with Gasteiger partial charge in [0.15, 0.2) is 0 Å². The second-order valence-electron chi connectivity index (χ2n) is 7.09. The summed E-state index contributed by atoms with van der Waals surface area (Å²) >= 11 is 0. The van der Waals surface area contributed by atoms with Crippen molar-refractivity contribution >= 4 is 23.4 Å². The van der Waals surface area contributed by atoms with Gasteiger partial charge >= 0.3 is 0 Å². The van der Waals surface area contributed by atoms with Gasteiger partial charge in [0.25, 0.3) is 0 Å². The van der Waals surface area contributed by atoms with Crippen molar-refractivity contribution in [3.63, 3.8) is 0 Å². The van der Waals surface area contributed by atoms with Crippen molar-refractivity contribution in [3.8, 4) is 0 Å². The maximum absolute atomic E-state index is 13.5. The zero-order valence-electron chi connectivity index (χ0n) is 16.0. The zero-order chi connectivity index (χ0) is 20.5. The number of halogens is 1. The van der Waals surface area contributed by atoms with Crippen molar-refractivity contribution in [2.24, 2.45) is 11.7 Å². The molecule has 1 aliphatic rings. The number of primary amides is 1. The van der Waals surface area contributed by atoms with E-state index in [1.807, 2.05) is 0 Å². The van der Waals surface area contributed by atoms with E-state index in [1.165, 1.54) is 43.1 Å². The summed E-state index contributed by atoms with van der Waals surface area (Å²) in [5, 5.41) is 9.92. The van der Waals surface area contributed by atoms with Crippen LogP contribution in [0, 0.1) is 11.7 Å². The predicted octanol–water partition coefficient (Wildman–Crippen LogP) is 1.04. The van der Waals surface area contributed by atoms with Crippen LogP contribution < -0.4 is 10.6 Å². The van der Waals surface area contributed by atoms with Crippen LogP contribution in [0.25, 0.3) is 0 Å². The van der Waals surface area contributed by atoms with Crippen LogP contribution in [0.1, 0.15) is 33.6 Å². The number of nitrogens with two attached hydrogens (primary N) is 1. The maximum Gasteiger partial charge on any atom is 0.249 e. The summed E-state index contributed by atoms with van der Waals surface area (Å²) in [7, 11) is 1.39. The largest absolute Gasteiger partial charge is 0.391 e. The predicted molar refractivity (Wildman–Crippen MR) is 98.1 cm³/mol. The Kier molecular flexibility index (Phi) is 5.89. The van der Waals surface area contributed by atoms with E-state index in [1.54, 1.807) is 13.8 Å². The smallest absolute Gasteiger partial charge is 0.249 e. The molecule has 1 fully saturated rings. The number of nitrogens with zero attached hydrogens (tertiary/aromatic N) is 2. The molecule has 1 aliphatic heterocycles. The monoisotopic (exact) mass is 379 g/mol. The molecule has 27 heavy (non-hydrogen) atoms. The van der Waals surface area contributed by atoms with Crippen LogP contribution in [0.3, 0.4) is 0 Å². The van der Waals surface area contributed by atoms with Crippen molar-refractivity contribution in [2.75, 3.05) is 11.9 Å². The molecule has 8 heteroatoms. The maximum atomic E-state index is 13.5. The van der Waals surface area contributed by atoms with Gasteiger partial charge in [0, 0.05) is 19.2 Å². The lowest BCUT2D eigenvalue weighted by molar-refractivity contribution is -0.146. The van der Waals surface area contributed by atoms with E-state index in [0.717, 1.165) is 4.90 Å². The number of aliphatic hydroxyl groups excluding tert-OH is 1. The standard InChI is InChI=1S/C19H26FN3O4/c1-5-19(18(27)22(4)16(12(3)24)17(21)26)11(2)10-15(25)23(19)14-8-6-13(20)7-9-14/h6-9,11-12,16,24H,5,10H2,1-4H3,(H2,21,26)/t11?,12-,16+,19?/m1/s1. The lowest BCUT2D eigenvalue weighted by Crippen LogP contribution is -2.64. The summed E-state index contributed by atoms with van der Waals surface area (Å²) in [6.07, 6.45) is -0.746. The fourth-order valence-electron chi connectivity index (χ4n) is 4.08. The number of carbonyl (C=O) groups excluding carboxylic acids is 3. The van der Waals surface area contributed by atoms with Crippen LogP contribution in [-0.2, 0) is 14.4 Å². The van der Waals surface area contributed by atoms with Gasteiger partial charge in [0.05, 0.1) is 6.10 Å². The summed E-state index contributed by atoms with van der Waals surface area (Å²) in [4.78, 5) is 40.5. The zero-order valence-corrected chi connectivity index (χ0v) is 16.0. The van der Waals surface area contributed by atoms with E-state index in [-0.39, 0.29) is 24.7 Å². The lowest BCUT2D eigenvalue weighted by Gasteiger charge is -2.43. The van der Waals surface area contributed by atoms with Gasteiger partial charge in [-0.05, 0) is 43.5 Å². The van der Waals surface area contributed by atoms with Gasteiger partial charge in [0.2, 0.25) is 17.7 Å². The average Bonchev–Trinajstić information content (AvgIpc) is 2.84. The Morgan fingerprint density at radius 1 is 1.41 bits per heavy atom. The average molecular weight is 379 g/mol. The summed E-state index contributed by atoms with van der Waals surface area (Å²) in [6, 6.07) is 4.12. The molecule has 0 aromatic heterocycles. The van der Waals surface area contributed by atoms with Crippen LogP contribution >= 0.6 is 0 Å². The molecule has 2 rings (SSSR count). The van der Waals surface area contributed by atoms with E-state index in [9.17, 15) is 23.9 Å². The van der Waals surface area contributed by atoms with Gasteiger partial charge in [-0.25, -0.2) is 4.39 Å². The normalized spacial score (nSPS) is 24.6. The highest BCUT2D eigenvalue weighted by atomic mass is 19.1. The molecule has 0 saturated carbocycles. The number of carbonyl (C=O) groups is 3. The summed E-state index contributed by atoms with van der Waals surface area (Å²) in [5.41, 5.74) is 4.52. The molecule has 0 aliphatic carbocycles. The van der Waals surface area contributed by atoms with Gasteiger partial charge in [0.1, 0.15) is 17.4 Å². The highest BCUT2D eigenvalue weighted by Crippen LogP contribution is 2.43. The van der Waals surface area contributed by atoms with Gasteiger partial charge < -0.3 is 15.7 Å². The second-order valence-corrected chi connectivity index (χ2v) is 7.09. The molecule has 3 N–H and O–H groups in total. The minimum absolute atomic E-state index is 0.140. The van der Waals surface area contributed by atoms with Crippen molar-refractivity contribution in [1.29, 1.82) is 0 Å². The molecule has 4 atom stereocenters. The molecule has 0 bridgehead atoms. The van der Waals surface area contributed by atoms with Crippen LogP contribution in [0.15, 0.2) is 24.3 Å². The van der Waals surface area contributed by atoms with Gasteiger partial charge in [-0.2, -0.15) is 0 Å². The number of rotatable bonds is 6. The van der Waals surface area contributed by atoms with Gasteiger partial charge in [-0.15, -0.1) is 0 Å². The van der Waals surface area contributed by atoms with Gasteiger partial charge in [-0.1, -0.05) is 13.8 Å². The third-order valence-electron chi connectivity index (χ3n) is 5.42. The molecule has 7 nitrogen and oxygen atoms in total. The molecule has 1 saturated heterocycles. The first-order valence-corrected chi connectivity index (χ1v) is 8.91. The topological polar surface area (TPSA) is 104 Å². The van der Waals surface area contributed by atoms with Crippen LogP contribution in [0.5, 0.6) is 0 Å². The Bertz CT molecular complexity index is 737. The van der Waals surface area contributed by atoms with E-state index in [2.05, 4.69) is 0 Å². The minimum atomic E-state index is -1.26. The Morgan fingerprint density at radius 2 is 1.96 bits per heavy atom. The second kappa shape index (κ2) is 7.64. The molecule has 1 aromatic carbocycles. The molecule has 0 radical (unpaired) electrons. The molecule has 1 aromatic rings. The highest BCUT2D eigenvalue weighted by Gasteiger charge is 2.57. The number of anilines is 1. The summed E-state index contributed by atoms with van der Waals surface area (Å²) in [6.45, 7) is 4.94. The first-order valence-electron chi connectivity index (χ1n) is 8.91. The Morgan fingerprint density at radius 3 is 2.41 bits per heavy atom. The molecule has 2 unspecified atom stereocenters. The SMILES string of the molecule is CCC1(C(=O)N(C)[C@H](C(N)=O)[C@@H](C)O)C(C)CC(=O)N1c1ccc(F)cc1. The van der Waals surface area contributed by atoms with E-state index in [0.29, 0.717) is 5.69 Å². The fraction of sp³-hybridized carbons (Fsp3) is 0.526. The number of hydrogen-bond acceptors (Lipinski definition) is 4. The Balaban J connectivity index is 2.55. The molecule has 0 spiro atoms. The molecule has 1 heterocycles. The number of amides is 3. The number of benzene rings is 1. The van der Waals surface area contributed by atoms with Crippen LogP contribution in [0.4, 0.5) is 10.1 Å². The molecule has 148 valence electrons. The fourth-order valence-corrected chi connectivity index (χ4v) is 4.08. The Hall–Kier alpha value is -2.48. The third kappa shape index (κ3) is 3.41. The van der Waals surface area contributed by atoms with Crippen molar-refractivity contribution < 1.29 is 23.9 Å². The minimum Gasteiger partial charge on any atom is -0.391 e. The molecular weight excluding hydrogens is 353 g/mol. The first kappa shape index (κ1) is 20.8. The number of aliphatic hydroxyl groups is 1. The van der Waals surface area contributed by atoms with Crippen molar-refractivity contribution in [1.82, 2.24) is 4.90 Å². The first-order chi connectivity index (χ1) is 12.6. The number of likely N-dealkylation sites (N-methyl/N-ethyl adjacent to an activating group) is 1. The van der Waals surface area contributed by atoms with E-state index >= 15 is 0 Å². The quantitative estimate of drug-likeness (QED) is 0.771. The summed E-state index contributed by atoms with van der Waals surface area (Å²) in [5.74, 6) is -2.38. The lowest BCUT2D eigenvalue weighted by atomic mass is 9.81.